The third-order valence-corrected chi connectivity index (χ3v) is 4.58. The predicted octanol–water partition coefficient (Wildman–Crippen LogP) is 4.23. The van der Waals surface area contributed by atoms with Crippen LogP contribution in [0.4, 0.5) is 0 Å². The molecule has 0 saturated carbocycles. The van der Waals surface area contributed by atoms with Gasteiger partial charge in [-0.2, -0.15) is 0 Å². The minimum absolute atomic E-state index is 0.769. The maximum absolute atomic E-state index is 4.86. The molecule has 124 valence electrons. The zero-order chi connectivity index (χ0) is 17.4. The number of allylic oxidation sites excluding steroid dienone is 3. The van der Waals surface area contributed by atoms with Gasteiger partial charge in [-0.1, -0.05) is 36.9 Å². The van der Waals surface area contributed by atoms with Crippen molar-refractivity contribution in [1.82, 2.24) is 19.4 Å². The Morgan fingerprint density at radius 2 is 1.92 bits per heavy atom. The summed E-state index contributed by atoms with van der Waals surface area (Å²) in [5, 5.41) is 0. The fraction of sp³-hybridized carbons (Fsp3) is 0.143. The smallest absolute Gasteiger partial charge is 0.143 e. The van der Waals surface area contributed by atoms with Crippen LogP contribution in [0.25, 0.3) is 16.6 Å². The van der Waals surface area contributed by atoms with Crippen molar-refractivity contribution in [2.24, 2.45) is 0 Å². The Balaban J connectivity index is 1.88. The molecule has 0 amide bonds. The van der Waals surface area contributed by atoms with Gasteiger partial charge in [0, 0.05) is 37.3 Å². The average Bonchev–Trinajstić information content (AvgIpc) is 2.99. The van der Waals surface area contributed by atoms with Gasteiger partial charge in [0.2, 0.25) is 0 Å². The third kappa shape index (κ3) is 2.76. The second-order valence-corrected chi connectivity index (χ2v) is 6.34. The van der Waals surface area contributed by atoms with E-state index in [1.54, 1.807) is 0 Å². The monoisotopic (exact) mass is 328 g/mol. The second kappa shape index (κ2) is 6.06. The predicted molar refractivity (Wildman–Crippen MR) is 102 cm³/mol. The Morgan fingerprint density at radius 1 is 1.12 bits per heavy atom. The fourth-order valence-electron chi connectivity index (χ4n) is 3.17. The first kappa shape index (κ1) is 15.4. The molecule has 4 heteroatoms. The summed E-state index contributed by atoms with van der Waals surface area (Å²) in [5.74, 6) is 0.950. The highest BCUT2D eigenvalue weighted by Crippen LogP contribution is 2.29. The van der Waals surface area contributed by atoms with Gasteiger partial charge >= 0.3 is 0 Å². The van der Waals surface area contributed by atoms with Crippen LogP contribution in [0.1, 0.15) is 18.3 Å². The average molecular weight is 328 g/mol. The van der Waals surface area contributed by atoms with E-state index in [-0.39, 0.29) is 0 Å². The maximum atomic E-state index is 4.86. The van der Waals surface area contributed by atoms with Crippen molar-refractivity contribution in [3.8, 4) is 0 Å². The first-order valence-electron chi connectivity index (χ1n) is 8.30. The Kier molecular flexibility index (Phi) is 3.73. The third-order valence-electron chi connectivity index (χ3n) is 4.58. The van der Waals surface area contributed by atoms with E-state index in [0.717, 1.165) is 40.2 Å². The zero-order valence-electron chi connectivity index (χ0n) is 14.5. The van der Waals surface area contributed by atoms with Crippen LogP contribution in [-0.2, 0) is 6.54 Å². The Hall–Kier alpha value is -3.14. The highest BCUT2D eigenvalue weighted by Gasteiger charge is 2.18. The quantitative estimate of drug-likeness (QED) is 0.721. The SMILES string of the molecule is C=C1C(C)=CC(c2nc3cnccc3n2Cc2ccccc2)=CN1C. The topological polar surface area (TPSA) is 34.0 Å². The van der Waals surface area contributed by atoms with E-state index in [4.69, 9.17) is 4.98 Å². The van der Waals surface area contributed by atoms with Crippen LogP contribution in [0, 0.1) is 0 Å². The summed E-state index contributed by atoms with van der Waals surface area (Å²) in [7, 11) is 2.02. The molecule has 25 heavy (non-hydrogen) atoms. The molecule has 0 fully saturated rings. The Morgan fingerprint density at radius 3 is 2.68 bits per heavy atom. The normalized spacial score (nSPS) is 14.6. The van der Waals surface area contributed by atoms with Crippen molar-refractivity contribution >= 4 is 16.6 Å². The fourth-order valence-corrected chi connectivity index (χ4v) is 3.17. The highest BCUT2D eigenvalue weighted by atomic mass is 15.1. The lowest BCUT2D eigenvalue weighted by atomic mass is 10.1. The van der Waals surface area contributed by atoms with Crippen LogP contribution in [0.2, 0.25) is 0 Å². The first-order valence-corrected chi connectivity index (χ1v) is 8.30. The molecule has 2 aromatic heterocycles. The Labute approximate surface area is 147 Å². The highest BCUT2D eigenvalue weighted by molar-refractivity contribution is 5.82. The molecule has 4 nitrogen and oxygen atoms in total. The van der Waals surface area contributed by atoms with Gasteiger partial charge in [-0.25, -0.2) is 4.98 Å². The summed E-state index contributed by atoms with van der Waals surface area (Å²) in [4.78, 5) is 11.1. The molecular formula is C21H20N4. The lowest BCUT2D eigenvalue weighted by Gasteiger charge is -2.24. The van der Waals surface area contributed by atoms with E-state index in [0.29, 0.717) is 0 Å². The van der Waals surface area contributed by atoms with E-state index in [1.807, 2.05) is 31.6 Å². The van der Waals surface area contributed by atoms with Crippen molar-refractivity contribution in [1.29, 1.82) is 0 Å². The summed E-state index contributed by atoms with van der Waals surface area (Å²) in [6, 6.07) is 12.5. The number of benzene rings is 1. The number of nitrogens with zero attached hydrogens (tertiary/aromatic N) is 4. The number of fused-ring (bicyclic) bond motifs is 1. The minimum Gasteiger partial charge on any atom is -0.351 e. The van der Waals surface area contributed by atoms with E-state index in [1.165, 1.54) is 5.56 Å². The van der Waals surface area contributed by atoms with Gasteiger partial charge < -0.3 is 9.47 Å². The standard InChI is InChI=1S/C21H20N4/c1-15-11-18(14-24(3)16(15)2)21-23-19-12-22-10-9-20(19)25(21)13-17-7-5-4-6-8-17/h4-12,14H,2,13H2,1,3H3. The molecule has 0 aliphatic carbocycles. The molecule has 0 bridgehead atoms. The van der Waals surface area contributed by atoms with Crippen molar-refractivity contribution < 1.29 is 0 Å². The lowest BCUT2D eigenvalue weighted by Crippen LogP contribution is -2.16. The van der Waals surface area contributed by atoms with E-state index in [9.17, 15) is 0 Å². The number of aromatic nitrogens is 3. The van der Waals surface area contributed by atoms with Crippen molar-refractivity contribution in [2.75, 3.05) is 7.05 Å². The molecule has 1 aromatic carbocycles. The van der Waals surface area contributed by atoms with Crippen LogP contribution in [0.5, 0.6) is 0 Å². The van der Waals surface area contributed by atoms with Crippen LogP contribution in [-0.4, -0.2) is 26.5 Å². The second-order valence-electron chi connectivity index (χ2n) is 6.34. The molecule has 0 unspecified atom stereocenters. The summed E-state index contributed by atoms with van der Waals surface area (Å²) in [5.41, 5.74) is 6.49. The van der Waals surface area contributed by atoms with Gasteiger partial charge in [0.1, 0.15) is 11.3 Å². The molecular weight excluding hydrogens is 308 g/mol. The molecule has 4 rings (SSSR count). The van der Waals surface area contributed by atoms with Gasteiger partial charge in [0.25, 0.3) is 0 Å². The van der Waals surface area contributed by atoms with Gasteiger partial charge in [0.05, 0.1) is 11.7 Å². The summed E-state index contributed by atoms with van der Waals surface area (Å²) in [6.07, 6.45) is 7.88. The largest absolute Gasteiger partial charge is 0.351 e. The number of hydrogen-bond donors (Lipinski definition) is 0. The van der Waals surface area contributed by atoms with E-state index in [2.05, 4.69) is 64.5 Å². The number of pyridine rings is 1. The van der Waals surface area contributed by atoms with E-state index >= 15 is 0 Å². The van der Waals surface area contributed by atoms with Crippen molar-refractivity contribution in [3.05, 3.63) is 90.3 Å². The van der Waals surface area contributed by atoms with Crippen LogP contribution < -0.4 is 0 Å². The van der Waals surface area contributed by atoms with Crippen LogP contribution in [0.3, 0.4) is 0 Å². The molecule has 0 atom stereocenters. The lowest BCUT2D eigenvalue weighted by molar-refractivity contribution is 0.577. The maximum Gasteiger partial charge on any atom is 0.143 e. The molecule has 0 saturated heterocycles. The molecule has 3 heterocycles. The molecule has 1 aliphatic heterocycles. The van der Waals surface area contributed by atoms with Crippen LogP contribution >= 0.6 is 0 Å². The molecule has 3 aromatic rings. The summed E-state index contributed by atoms with van der Waals surface area (Å²) < 4.78 is 2.25. The van der Waals surface area contributed by atoms with Crippen molar-refractivity contribution in [3.63, 3.8) is 0 Å². The van der Waals surface area contributed by atoms with Gasteiger partial charge in [-0.15, -0.1) is 0 Å². The van der Waals surface area contributed by atoms with E-state index < -0.39 is 0 Å². The Bertz CT molecular complexity index is 1010. The van der Waals surface area contributed by atoms with Crippen molar-refractivity contribution in [2.45, 2.75) is 13.5 Å². The zero-order valence-corrected chi connectivity index (χ0v) is 14.5. The number of imidazole rings is 1. The summed E-state index contributed by atoms with van der Waals surface area (Å²) >= 11 is 0. The molecule has 1 aliphatic rings. The number of rotatable bonds is 3. The molecule has 0 radical (unpaired) electrons. The van der Waals surface area contributed by atoms with Crippen LogP contribution in [0.15, 0.2) is 78.9 Å². The summed E-state index contributed by atoms with van der Waals surface area (Å²) in [6.45, 7) is 6.96. The molecule has 0 spiro atoms. The van der Waals surface area contributed by atoms with Gasteiger partial charge in [-0.3, -0.25) is 4.98 Å². The van der Waals surface area contributed by atoms with Gasteiger partial charge in [0.15, 0.2) is 0 Å². The molecule has 0 N–H and O–H groups in total. The van der Waals surface area contributed by atoms with Gasteiger partial charge in [-0.05, 0) is 30.2 Å². The minimum atomic E-state index is 0.769. The number of hydrogen-bond acceptors (Lipinski definition) is 3. The first-order chi connectivity index (χ1) is 12.1. The number of likely N-dealkylation sites (N-methyl/N-ethyl adjacent to an activating group) is 1.